The lowest BCUT2D eigenvalue weighted by Gasteiger charge is -2.38. The largest absolute Gasteiger partial charge is 0.497 e. The summed E-state index contributed by atoms with van der Waals surface area (Å²) in [7, 11) is 1.63. The minimum absolute atomic E-state index is 0.0461. The Balaban J connectivity index is 1.56. The maximum absolute atomic E-state index is 13.5. The van der Waals surface area contributed by atoms with Gasteiger partial charge < -0.3 is 14.1 Å². The fourth-order valence-corrected chi connectivity index (χ4v) is 4.16. The predicted octanol–water partition coefficient (Wildman–Crippen LogP) is 5.25. The Kier molecular flexibility index (Phi) is 6.41. The lowest BCUT2D eigenvalue weighted by molar-refractivity contribution is 0.0957. The van der Waals surface area contributed by atoms with E-state index < -0.39 is 0 Å². The first kappa shape index (κ1) is 20.5. The summed E-state index contributed by atoms with van der Waals surface area (Å²) in [5, 5.41) is 0.555. The van der Waals surface area contributed by atoms with Gasteiger partial charge >= 0.3 is 0 Å². The number of halogens is 1. The first-order valence-electron chi connectivity index (χ1n) is 10.1. The number of methoxy groups -OCH3 is 1. The van der Waals surface area contributed by atoms with E-state index in [1.165, 1.54) is 0 Å². The number of rotatable bonds is 6. The molecule has 0 spiro atoms. The van der Waals surface area contributed by atoms with Crippen molar-refractivity contribution in [3.63, 3.8) is 0 Å². The third-order valence-corrected chi connectivity index (χ3v) is 5.74. The number of carbonyl (C=O) groups is 1. The summed E-state index contributed by atoms with van der Waals surface area (Å²) >= 11 is 6.15. The third kappa shape index (κ3) is 4.69. The zero-order valence-electron chi connectivity index (χ0n) is 17.0. The van der Waals surface area contributed by atoms with Crippen LogP contribution >= 0.6 is 11.6 Å². The Hall–Kier alpha value is -2.76. The second-order valence-electron chi connectivity index (χ2n) is 7.47. The number of amides is 1. The fourth-order valence-electron chi connectivity index (χ4n) is 3.97. The van der Waals surface area contributed by atoms with Crippen LogP contribution in [-0.2, 0) is 6.54 Å². The normalized spacial score (nSPS) is 15.1. The van der Waals surface area contributed by atoms with Crippen molar-refractivity contribution in [2.45, 2.75) is 25.4 Å². The van der Waals surface area contributed by atoms with E-state index in [1.54, 1.807) is 25.5 Å². The maximum atomic E-state index is 13.5. The Morgan fingerprint density at radius 1 is 1.13 bits per heavy atom. The van der Waals surface area contributed by atoms with Gasteiger partial charge in [0.1, 0.15) is 11.5 Å². The molecular weight excluding hydrogens is 400 g/mol. The zero-order chi connectivity index (χ0) is 20.9. The second kappa shape index (κ2) is 9.37. The Morgan fingerprint density at radius 3 is 2.63 bits per heavy atom. The zero-order valence-corrected chi connectivity index (χ0v) is 17.7. The quantitative estimate of drug-likeness (QED) is 0.542. The van der Waals surface area contributed by atoms with Gasteiger partial charge in [0.15, 0.2) is 0 Å². The molecule has 0 radical (unpaired) electrons. The van der Waals surface area contributed by atoms with Gasteiger partial charge in [-0.2, -0.15) is 0 Å². The van der Waals surface area contributed by atoms with E-state index in [-0.39, 0.29) is 11.9 Å². The number of likely N-dealkylation sites (tertiary alicyclic amines) is 1. The van der Waals surface area contributed by atoms with Gasteiger partial charge in [0.25, 0.3) is 5.91 Å². The van der Waals surface area contributed by atoms with Crippen LogP contribution in [0.5, 0.6) is 5.75 Å². The van der Waals surface area contributed by atoms with Crippen molar-refractivity contribution in [2.24, 2.45) is 0 Å². The Labute approximate surface area is 181 Å². The van der Waals surface area contributed by atoms with Gasteiger partial charge in [-0.3, -0.25) is 9.69 Å². The number of piperidine rings is 1. The summed E-state index contributed by atoms with van der Waals surface area (Å²) in [6, 6.07) is 18.8. The lowest BCUT2D eigenvalue weighted by Crippen LogP contribution is -2.47. The number of hydrogen-bond donors (Lipinski definition) is 0. The molecule has 1 aromatic heterocycles. The first-order valence-corrected chi connectivity index (χ1v) is 10.5. The van der Waals surface area contributed by atoms with Gasteiger partial charge in [-0.05, 0) is 55.3 Å². The van der Waals surface area contributed by atoms with Crippen LogP contribution in [0.4, 0.5) is 5.69 Å². The molecule has 1 saturated heterocycles. The number of anilines is 1. The molecule has 0 saturated carbocycles. The molecule has 2 aromatic carbocycles. The number of carbonyl (C=O) groups excluding carboxylic acids is 1. The Bertz CT molecular complexity index is 982. The smallest absolute Gasteiger partial charge is 0.258 e. The molecule has 6 heteroatoms. The van der Waals surface area contributed by atoms with E-state index in [0.717, 1.165) is 49.7 Å². The van der Waals surface area contributed by atoms with E-state index in [9.17, 15) is 4.79 Å². The first-order chi connectivity index (χ1) is 14.6. The maximum Gasteiger partial charge on any atom is 0.258 e. The summed E-state index contributed by atoms with van der Waals surface area (Å²) in [5.74, 6) is 1.65. The molecule has 5 nitrogen and oxygen atoms in total. The average Bonchev–Trinajstić information content (AvgIpc) is 3.28. The van der Waals surface area contributed by atoms with Gasteiger partial charge in [-0.1, -0.05) is 23.7 Å². The van der Waals surface area contributed by atoms with Crippen molar-refractivity contribution < 1.29 is 13.9 Å². The summed E-state index contributed by atoms with van der Waals surface area (Å²) < 4.78 is 10.9. The highest BCUT2D eigenvalue weighted by atomic mass is 35.5. The van der Waals surface area contributed by atoms with E-state index >= 15 is 0 Å². The topological polar surface area (TPSA) is 45.9 Å². The van der Waals surface area contributed by atoms with Crippen LogP contribution in [0.2, 0.25) is 5.02 Å². The molecule has 30 heavy (non-hydrogen) atoms. The minimum atomic E-state index is -0.0461. The highest BCUT2D eigenvalue weighted by Gasteiger charge is 2.30. The number of hydrogen-bond acceptors (Lipinski definition) is 4. The second-order valence-corrected chi connectivity index (χ2v) is 7.91. The molecular formula is C24H25ClN2O3. The molecule has 3 aromatic rings. The molecule has 1 fully saturated rings. The molecule has 1 amide bonds. The number of benzene rings is 2. The van der Waals surface area contributed by atoms with Gasteiger partial charge in [0.2, 0.25) is 0 Å². The molecule has 0 N–H and O–H groups in total. The average molecular weight is 425 g/mol. The van der Waals surface area contributed by atoms with Gasteiger partial charge in [0.05, 0.1) is 19.9 Å². The molecule has 156 valence electrons. The van der Waals surface area contributed by atoms with E-state index in [4.69, 9.17) is 20.8 Å². The predicted molar refractivity (Wildman–Crippen MR) is 118 cm³/mol. The van der Waals surface area contributed by atoms with Crippen LogP contribution < -0.4 is 9.64 Å². The summed E-state index contributed by atoms with van der Waals surface area (Å²) in [6.45, 7) is 2.59. The standard InChI is InChI=1S/C24H25ClN2O3/c1-29-22-8-3-7-21(16-22)27(24(28)18-5-2-6-19(25)15-18)20-10-12-26(13-11-20)17-23-9-4-14-30-23/h2-9,14-16,20H,10-13,17H2,1H3. The number of ether oxygens (including phenoxy) is 1. The SMILES string of the molecule is COc1cccc(N(C(=O)c2cccc(Cl)c2)C2CCN(Cc3ccco3)CC2)c1. The molecule has 0 atom stereocenters. The van der Waals surface area contributed by atoms with Crippen LogP contribution in [0, 0.1) is 0 Å². The van der Waals surface area contributed by atoms with Crippen LogP contribution in [0.25, 0.3) is 0 Å². The van der Waals surface area contributed by atoms with Gasteiger partial charge in [-0.25, -0.2) is 0 Å². The van der Waals surface area contributed by atoms with Crippen LogP contribution in [-0.4, -0.2) is 37.0 Å². The van der Waals surface area contributed by atoms with Crippen molar-refractivity contribution >= 4 is 23.2 Å². The van der Waals surface area contributed by atoms with Crippen molar-refractivity contribution in [2.75, 3.05) is 25.1 Å². The lowest BCUT2D eigenvalue weighted by atomic mass is 10.0. The van der Waals surface area contributed by atoms with Crippen LogP contribution in [0.1, 0.15) is 29.0 Å². The molecule has 4 rings (SSSR count). The molecule has 2 heterocycles. The minimum Gasteiger partial charge on any atom is -0.497 e. The van der Waals surface area contributed by atoms with E-state index in [2.05, 4.69) is 4.90 Å². The van der Waals surface area contributed by atoms with Crippen molar-refractivity contribution in [1.82, 2.24) is 4.90 Å². The molecule has 0 bridgehead atoms. The summed E-state index contributed by atoms with van der Waals surface area (Å²) in [5.41, 5.74) is 1.42. The molecule has 1 aliphatic rings. The molecule has 0 aliphatic carbocycles. The van der Waals surface area contributed by atoms with Crippen LogP contribution in [0.3, 0.4) is 0 Å². The Morgan fingerprint density at radius 2 is 1.93 bits per heavy atom. The third-order valence-electron chi connectivity index (χ3n) is 5.50. The van der Waals surface area contributed by atoms with E-state index in [1.807, 2.05) is 53.4 Å². The molecule has 1 aliphatic heterocycles. The van der Waals surface area contributed by atoms with Crippen molar-refractivity contribution in [1.29, 1.82) is 0 Å². The van der Waals surface area contributed by atoms with Crippen molar-refractivity contribution in [3.8, 4) is 5.75 Å². The fraction of sp³-hybridized carbons (Fsp3) is 0.292. The molecule has 0 unspecified atom stereocenters. The number of nitrogens with zero attached hydrogens (tertiary/aromatic N) is 2. The van der Waals surface area contributed by atoms with Gasteiger partial charge in [-0.15, -0.1) is 0 Å². The highest BCUT2D eigenvalue weighted by molar-refractivity contribution is 6.31. The van der Waals surface area contributed by atoms with Gasteiger partial charge in [0, 0.05) is 41.5 Å². The summed E-state index contributed by atoms with van der Waals surface area (Å²) in [6.07, 6.45) is 3.46. The van der Waals surface area contributed by atoms with Crippen molar-refractivity contribution in [3.05, 3.63) is 83.3 Å². The highest BCUT2D eigenvalue weighted by Crippen LogP contribution is 2.29. The van der Waals surface area contributed by atoms with E-state index in [0.29, 0.717) is 10.6 Å². The summed E-state index contributed by atoms with van der Waals surface area (Å²) in [4.78, 5) is 17.8. The van der Waals surface area contributed by atoms with Crippen LogP contribution in [0.15, 0.2) is 71.3 Å². The monoisotopic (exact) mass is 424 g/mol. The number of furan rings is 1.